The number of ether oxygens (including phenoxy) is 1. The number of hydrogen-bond acceptors (Lipinski definition) is 1. The minimum atomic E-state index is 0.595. The van der Waals surface area contributed by atoms with Gasteiger partial charge in [-0.1, -0.05) is 27.7 Å². The highest BCUT2D eigenvalue weighted by Crippen LogP contribution is 2.50. The van der Waals surface area contributed by atoms with Crippen LogP contribution in [0.5, 0.6) is 0 Å². The zero-order valence-corrected chi connectivity index (χ0v) is 9.29. The average Bonchev–Trinajstić information content (AvgIpc) is 2.60. The lowest BCUT2D eigenvalue weighted by Gasteiger charge is -2.36. The molecule has 0 amide bonds. The summed E-state index contributed by atoms with van der Waals surface area (Å²) >= 11 is 0. The summed E-state index contributed by atoms with van der Waals surface area (Å²) in [5, 5.41) is 0. The maximum atomic E-state index is 5.81. The van der Waals surface area contributed by atoms with E-state index < -0.39 is 0 Å². The van der Waals surface area contributed by atoms with Gasteiger partial charge in [-0.05, 0) is 36.0 Å². The lowest BCUT2D eigenvalue weighted by molar-refractivity contribution is -0.0299. The lowest BCUT2D eigenvalue weighted by Crippen LogP contribution is -2.35. The molecular weight excluding hydrogens is 160 g/mol. The van der Waals surface area contributed by atoms with E-state index in [-0.39, 0.29) is 0 Å². The van der Waals surface area contributed by atoms with Crippen LogP contribution in [0, 0.1) is 29.6 Å². The molecular formula is C12H22O. The van der Waals surface area contributed by atoms with Crippen molar-refractivity contribution in [1.29, 1.82) is 0 Å². The maximum absolute atomic E-state index is 5.81. The van der Waals surface area contributed by atoms with Crippen LogP contribution in [-0.2, 0) is 4.74 Å². The van der Waals surface area contributed by atoms with Gasteiger partial charge in [0.25, 0.3) is 0 Å². The molecule has 2 unspecified atom stereocenters. The Hall–Kier alpha value is -0.0400. The zero-order valence-electron chi connectivity index (χ0n) is 9.29. The summed E-state index contributed by atoms with van der Waals surface area (Å²) in [4.78, 5) is 0. The molecule has 0 aromatic carbocycles. The van der Waals surface area contributed by atoms with Crippen LogP contribution >= 0.6 is 0 Å². The molecule has 0 N–H and O–H groups in total. The van der Waals surface area contributed by atoms with Crippen LogP contribution in [0.15, 0.2) is 0 Å². The van der Waals surface area contributed by atoms with Gasteiger partial charge in [-0.15, -0.1) is 0 Å². The van der Waals surface area contributed by atoms with Crippen molar-refractivity contribution < 1.29 is 4.74 Å². The van der Waals surface area contributed by atoms with E-state index >= 15 is 0 Å². The largest absolute Gasteiger partial charge is 0.378 e. The number of rotatable bonds is 2. The third kappa shape index (κ3) is 1.41. The molecule has 1 saturated carbocycles. The summed E-state index contributed by atoms with van der Waals surface area (Å²) in [7, 11) is 0. The predicted molar refractivity (Wildman–Crippen MR) is 54.5 cm³/mol. The highest BCUT2D eigenvalue weighted by molar-refractivity contribution is 4.98. The first kappa shape index (κ1) is 9.51. The summed E-state index contributed by atoms with van der Waals surface area (Å²) in [6.45, 7) is 10.5. The SMILES string of the molecule is CC(C)[C@@H]1C2COC(C2)[C@@H]1C(C)C. The normalized spacial score (nSPS) is 43.8. The Morgan fingerprint density at radius 1 is 1.00 bits per heavy atom. The van der Waals surface area contributed by atoms with E-state index in [2.05, 4.69) is 27.7 Å². The topological polar surface area (TPSA) is 9.23 Å². The Balaban J connectivity index is 2.15. The molecule has 1 nitrogen and oxygen atoms in total. The first-order chi connectivity index (χ1) is 6.11. The van der Waals surface area contributed by atoms with Crippen LogP contribution in [0.25, 0.3) is 0 Å². The van der Waals surface area contributed by atoms with Gasteiger partial charge in [-0.2, -0.15) is 0 Å². The molecule has 0 radical (unpaired) electrons. The molecule has 0 aromatic rings. The van der Waals surface area contributed by atoms with Gasteiger partial charge in [0.15, 0.2) is 0 Å². The second-order valence-corrected chi connectivity index (χ2v) is 5.51. The van der Waals surface area contributed by atoms with Crippen molar-refractivity contribution in [3.63, 3.8) is 0 Å². The molecule has 76 valence electrons. The van der Waals surface area contributed by atoms with Gasteiger partial charge in [-0.25, -0.2) is 0 Å². The zero-order chi connectivity index (χ0) is 9.59. The molecule has 13 heavy (non-hydrogen) atoms. The van der Waals surface area contributed by atoms with Gasteiger partial charge in [0, 0.05) is 0 Å². The number of fused-ring (bicyclic) bond motifs is 2. The van der Waals surface area contributed by atoms with E-state index in [1.807, 2.05) is 0 Å². The number of hydrogen-bond donors (Lipinski definition) is 0. The standard InChI is InChI=1S/C12H22O/c1-7(2)11-9-5-10(13-6-9)12(11)8(3)4/h7-12H,5-6H2,1-4H3/t9?,10?,11-,12+/m1/s1. The Morgan fingerprint density at radius 2 is 1.62 bits per heavy atom. The van der Waals surface area contributed by atoms with Gasteiger partial charge in [0.2, 0.25) is 0 Å². The van der Waals surface area contributed by atoms with Crippen molar-refractivity contribution in [2.45, 2.75) is 40.2 Å². The van der Waals surface area contributed by atoms with Crippen LogP contribution in [0.1, 0.15) is 34.1 Å². The fourth-order valence-corrected chi connectivity index (χ4v) is 3.64. The molecule has 4 atom stereocenters. The van der Waals surface area contributed by atoms with Gasteiger partial charge in [0.05, 0.1) is 12.7 Å². The second kappa shape index (κ2) is 3.27. The van der Waals surface area contributed by atoms with E-state index in [4.69, 9.17) is 4.74 Å². The van der Waals surface area contributed by atoms with Crippen LogP contribution in [0.2, 0.25) is 0 Å². The minimum absolute atomic E-state index is 0.595. The molecule has 1 heterocycles. The van der Waals surface area contributed by atoms with Gasteiger partial charge >= 0.3 is 0 Å². The average molecular weight is 182 g/mol. The molecule has 2 aliphatic rings. The Bertz CT molecular complexity index is 166. The van der Waals surface area contributed by atoms with Gasteiger partial charge in [-0.3, -0.25) is 0 Å². The van der Waals surface area contributed by atoms with Gasteiger partial charge < -0.3 is 4.74 Å². The van der Waals surface area contributed by atoms with Crippen molar-refractivity contribution >= 4 is 0 Å². The van der Waals surface area contributed by atoms with Crippen molar-refractivity contribution in [2.24, 2.45) is 29.6 Å². The Labute approximate surface area is 81.9 Å². The van der Waals surface area contributed by atoms with Crippen LogP contribution in [-0.4, -0.2) is 12.7 Å². The third-order valence-corrected chi connectivity index (χ3v) is 4.02. The molecule has 2 rings (SSSR count). The van der Waals surface area contributed by atoms with Crippen LogP contribution in [0.3, 0.4) is 0 Å². The van der Waals surface area contributed by atoms with Crippen LogP contribution in [0.4, 0.5) is 0 Å². The maximum Gasteiger partial charge on any atom is 0.0612 e. The van der Waals surface area contributed by atoms with Crippen molar-refractivity contribution in [2.75, 3.05) is 6.61 Å². The quantitative estimate of drug-likeness (QED) is 0.638. The fraction of sp³-hybridized carbons (Fsp3) is 1.00. The summed E-state index contributed by atoms with van der Waals surface area (Å²) in [5.41, 5.74) is 0. The van der Waals surface area contributed by atoms with E-state index in [1.165, 1.54) is 6.42 Å². The third-order valence-electron chi connectivity index (χ3n) is 4.02. The summed E-state index contributed by atoms with van der Waals surface area (Å²) in [6.07, 6.45) is 1.93. The van der Waals surface area contributed by atoms with E-state index in [0.29, 0.717) is 6.10 Å². The molecule has 0 aromatic heterocycles. The molecule has 0 spiro atoms. The van der Waals surface area contributed by atoms with Gasteiger partial charge in [0.1, 0.15) is 0 Å². The smallest absolute Gasteiger partial charge is 0.0612 e. The van der Waals surface area contributed by atoms with E-state index in [1.54, 1.807) is 0 Å². The fourth-order valence-electron chi connectivity index (χ4n) is 3.64. The molecule has 1 aliphatic heterocycles. The first-order valence-corrected chi connectivity index (χ1v) is 5.73. The van der Waals surface area contributed by atoms with Crippen LogP contribution < -0.4 is 0 Å². The predicted octanol–water partition coefficient (Wildman–Crippen LogP) is 2.95. The molecule has 1 saturated heterocycles. The first-order valence-electron chi connectivity index (χ1n) is 5.73. The summed E-state index contributed by atoms with van der Waals surface area (Å²) in [5.74, 6) is 4.27. The monoisotopic (exact) mass is 182 g/mol. The molecule has 1 heteroatoms. The molecule has 2 fully saturated rings. The highest BCUT2D eigenvalue weighted by Gasteiger charge is 2.50. The summed E-state index contributed by atoms with van der Waals surface area (Å²) in [6, 6.07) is 0. The van der Waals surface area contributed by atoms with Crippen molar-refractivity contribution in [1.82, 2.24) is 0 Å². The molecule has 1 aliphatic carbocycles. The van der Waals surface area contributed by atoms with Crippen molar-refractivity contribution in [3.05, 3.63) is 0 Å². The second-order valence-electron chi connectivity index (χ2n) is 5.51. The van der Waals surface area contributed by atoms with Crippen molar-refractivity contribution in [3.8, 4) is 0 Å². The summed E-state index contributed by atoms with van der Waals surface area (Å²) < 4.78 is 5.81. The lowest BCUT2D eigenvalue weighted by atomic mass is 9.75. The Morgan fingerprint density at radius 3 is 2.08 bits per heavy atom. The highest BCUT2D eigenvalue weighted by atomic mass is 16.5. The minimum Gasteiger partial charge on any atom is -0.378 e. The van der Waals surface area contributed by atoms with E-state index in [9.17, 15) is 0 Å². The van der Waals surface area contributed by atoms with E-state index in [0.717, 1.165) is 36.2 Å². The Kier molecular flexibility index (Phi) is 2.39. The molecule has 2 bridgehead atoms.